The van der Waals surface area contributed by atoms with Crippen LogP contribution in [0.4, 0.5) is 4.79 Å². The quantitative estimate of drug-likeness (QED) is 0.933. The lowest BCUT2D eigenvalue weighted by Gasteiger charge is -2.26. The molecular weight excluding hydrogens is 316 g/mol. The lowest BCUT2D eigenvalue weighted by Crippen LogP contribution is -2.46. The fourth-order valence-electron chi connectivity index (χ4n) is 3.26. The summed E-state index contributed by atoms with van der Waals surface area (Å²) < 4.78 is 7.70. The molecule has 0 fully saturated rings. The highest BCUT2D eigenvalue weighted by Crippen LogP contribution is 2.24. The van der Waals surface area contributed by atoms with E-state index in [0.717, 1.165) is 29.1 Å². The summed E-state index contributed by atoms with van der Waals surface area (Å²) in [4.78, 5) is 14.5. The molecule has 1 aliphatic heterocycles. The Balaban J connectivity index is 1.62. The number of ether oxygens (including phenoxy) is 1. The smallest absolute Gasteiger partial charge is 0.318 e. The topological polar surface area (TPSA) is 59.4 Å². The minimum Gasteiger partial charge on any atom is -0.491 e. The molecule has 1 aliphatic rings. The normalized spacial score (nSPS) is 16.8. The first kappa shape index (κ1) is 17.3. The molecule has 0 saturated carbocycles. The van der Waals surface area contributed by atoms with E-state index < -0.39 is 0 Å². The number of amides is 2. The van der Waals surface area contributed by atoms with E-state index in [9.17, 15) is 4.79 Å². The zero-order chi connectivity index (χ0) is 18.0. The van der Waals surface area contributed by atoms with Crippen molar-refractivity contribution in [1.29, 1.82) is 0 Å². The number of urea groups is 1. The second-order valence-corrected chi connectivity index (χ2v) is 6.65. The van der Waals surface area contributed by atoms with Crippen molar-refractivity contribution in [2.75, 3.05) is 13.2 Å². The van der Waals surface area contributed by atoms with Crippen LogP contribution in [0.15, 0.2) is 24.3 Å². The van der Waals surface area contributed by atoms with Crippen LogP contribution in [0.1, 0.15) is 29.4 Å². The van der Waals surface area contributed by atoms with Crippen LogP contribution < -0.4 is 10.1 Å². The molecule has 6 nitrogen and oxygen atoms in total. The number of rotatable bonds is 3. The maximum Gasteiger partial charge on any atom is 0.318 e. The van der Waals surface area contributed by atoms with E-state index in [-0.39, 0.29) is 12.1 Å². The summed E-state index contributed by atoms with van der Waals surface area (Å²) in [6.45, 7) is 7.75. The van der Waals surface area contributed by atoms with Crippen molar-refractivity contribution in [3.8, 4) is 5.75 Å². The standard InChI is InChI=1S/C19H26N4O2/c1-13-12-25-18-8-6-5-7-16(18)11-23(13)19(24)20-10-9-17-14(2)21-22(4)15(17)3/h5-8,13H,9-12H2,1-4H3,(H,20,24)/t13-/m1/s1. The van der Waals surface area contributed by atoms with Gasteiger partial charge in [-0.2, -0.15) is 5.10 Å². The third-order valence-electron chi connectivity index (χ3n) is 4.90. The van der Waals surface area contributed by atoms with Crippen LogP contribution in [-0.2, 0) is 20.0 Å². The van der Waals surface area contributed by atoms with E-state index in [1.165, 1.54) is 5.56 Å². The summed E-state index contributed by atoms with van der Waals surface area (Å²) in [6, 6.07) is 7.87. The summed E-state index contributed by atoms with van der Waals surface area (Å²) in [7, 11) is 1.95. The zero-order valence-corrected chi connectivity index (χ0v) is 15.4. The Hall–Kier alpha value is -2.50. The molecule has 25 heavy (non-hydrogen) atoms. The molecule has 6 heteroatoms. The van der Waals surface area contributed by atoms with Crippen LogP contribution in [0.2, 0.25) is 0 Å². The lowest BCUT2D eigenvalue weighted by molar-refractivity contribution is 0.157. The van der Waals surface area contributed by atoms with E-state index >= 15 is 0 Å². The van der Waals surface area contributed by atoms with Crippen molar-refractivity contribution in [3.63, 3.8) is 0 Å². The Morgan fingerprint density at radius 2 is 2.12 bits per heavy atom. The Labute approximate surface area is 148 Å². The van der Waals surface area contributed by atoms with Crippen LogP contribution in [0, 0.1) is 13.8 Å². The van der Waals surface area contributed by atoms with Crippen LogP contribution in [0.5, 0.6) is 5.75 Å². The number of benzene rings is 1. The number of carbonyl (C=O) groups excluding carboxylic acids is 1. The molecule has 3 rings (SSSR count). The summed E-state index contributed by atoms with van der Waals surface area (Å²) in [5.41, 5.74) is 4.43. The summed E-state index contributed by atoms with van der Waals surface area (Å²) >= 11 is 0. The Morgan fingerprint density at radius 3 is 2.84 bits per heavy atom. The van der Waals surface area contributed by atoms with Gasteiger partial charge in [0.15, 0.2) is 0 Å². The van der Waals surface area contributed by atoms with Gasteiger partial charge in [-0.15, -0.1) is 0 Å². The van der Waals surface area contributed by atoms with Crippen molar-refractivity contribution in [2.24, 2.45) is 7.05 Å². The molecule has 2 heterocycles. The highest BCUT2D eigenvalue weighted by molar-refractivity contribution is 5.74. The predicted octanol–water partition coefficient (Wildman–Crippen LogP) is 2.57. The van der Waals surface area contributed by atoms with Gasteiger partial charge in [-0.3, -0.25) is 4.68 Å². The minimum atomic E-state index is -0.0491. The highest BCUT2D eigenvalue weighted by atomic mass is 16.5. The van der Waals surface area contributed by atoms with Crippen molar-refractivity contribution in [1.82, 2.24) is 20.0 Å². The van der Waals surface area contributed by atoms with Crippen molar-refractivity contribution >= 4 is 6.03 Å². The number of nitrogens with one attached hydrogen (secondary N) is 1. The number of hydrogen-bond acceptors (Lipinski definition) is 3. The second-order valence-electron chi connectivity index (χ2n) is 6.65. The maximum absolute atomic E-state index is 12.7. The first-order valence-electron chi connectivity index (χ1n) is 8.71. The number of fused-ring (bicyclic) bond motifs is 1. The minimum absolute atomic E-state index is 0.0225. The maximum atomic E-state index is 12.7. The SMILES string of the molecule is Cc1nn(C)c(C)c1CCNC(=O)N1Cc2ccccc2OC[C@H]1C. The average molecular weight is 342 g/mol. The molecule has 0 unspecified atom stereocenters. The molecule has 1 aromatic carbocycles. The molecule has 0 radical (unpaired) electrons. The van der Waals surface area contributed by atoms with E-state index in [2.05, 4.69) is 17.3 Å². The van der Waals surface area contributed by atoms with Gasteiger partial charge in [0.25, 0.3) is 0 Å². The number of para-hydroxylation sites is 1. The summed E-state index contributed by atoms with van der Waals surface area (Å²) in [5.74, 6) is 0.867. The molecule has 0 saturated heterocycles. The summed E-state index contributed by atoms with van der Waals surface area (Å²) in [6.07, 6.45) is 0.784. The average Bonchev–Trinajstić information content (AvgIpc) is 2.75. The Morgan fingerprint density at radius 1 is 1.36 bits per heavy atom. The van der Waals surface area contributed by atoms with Gasteiger partial charge >= 0.3 is 6.03 Å². The number of aromatic nitrogens is 2. The second kappa shape index (κ2) is 7.17. The predicted molar refractivity (Wildman–Crippen MR) is 96.7 cm³/mol. The Bertz CT molecular complexity index is 769. The molecule has 0 bridgehead atoms. The fourth-order valence-corrected chi connectivity index (χ4v) is 3.26. The van der Waals surface area contributed by atoms with E-state index in [1.807, 2.05) is 54.7 Å². The van der Waals surface area contributed by atoms with Gasteiger partial charge in [0, 0.05) is 24.8 Å². The highest BCUT2D eigenvalue weighted by Gasteiger charge is 2.25. The van der Waals surface area contributed by atoms with E-state index in [4.69, 9.17) is 4.74 Å². The van der Waals surface area contributed by atoms with Crippen LogP contribution in [0.25, 0.3) is 0 Å². The van der Waals surface area contributed by atoms with Crippen LogP contribution in [0.3, 0.4) is 0 Å². The van der Waals surface area contributed by atoms with Crippen LogP contribution in [-0.4, -0.2) is 39.9 Å². The molecule has 0 aliphatic carbocycles. The number of aryl methyl sites for hydroxylation is 2. The molecule has 2 amide bonds. The lowest BCUT2D eigenvalue weighted by atomic mass is 10.1. The molecule has 1 aromatic heterocycles. The van der Waals surface area contributed by atoms with Crippen LogP contribution >= 0.6 is 0 Å². The van der Waals surface area contributed by atoms with E-state index in [0.29, 0.717) is 19.7 Å². The molecule has 0 spiro atoms. The monoisotopic (exact) mass is 342 g/mol. The van der Waals surface area contributed by atoms with Crippen molar-refractivity contribution in [2.45, 2.75) is 39.8 Å². The van der Waals surface area contributed by atoms with Gasteiger partial charge in [0.2, 0.25) is 0 Å². The first-order valence-corrected chi connectivity index (χ1v) is 8.71. The fraction of sp³-hybridized carbons (Fsp3) is 0.474. The zero-order valence-electron chi connectivity index (χ0n) is 15.4. The third kappa shape index (κ3) is 3.62. The van der Waals surface area contributed by atoms with Gasteiger partial charge < -0.3 is 15.0 Å². The largest absolute Gasteiger partial charge is 0.491 e. The Kier molecular flexibility index (Phi) is 4.97. The van der Waals surface area contributed by atoms with Crippen molar-refractivity contribution < 1.29 is 9.53 Å². The molecule has 1 atom stereocenters. The van der Waals surface area contributed by atoms with Gasteiger partial charge in [0.05, 0.1) is 18.3 Å². The number of hydrogen-bond donors (Lipinski definition) is 1. The molecular formula is C19H26N4O2. The molecule has 134 valence electrons. The third-order valence-corrected chi connectivity index (χ3v) is 4.90. The number of nitrogens with zero attached hydrogens (tertiary/aromatic N) is 3. The van der Waals surface area contributed by atoms with Gasteiger partial charge in [-0.05, 0) is 38.8 Å². The van der Waals surface area contributed by atoms with Gasteiger partial charge in [-0.1, -0.05) is 18.2 Å². The summed E-state index contributed by atoms with van der Waals surface area (Å²) in [5, 5.41) is 7.47. The molecule has 1 N–H and O–H groups in total. The number of carbonyl (C=O) groups is 1. The first-order chi connectivity index (χ1) is 12.0. The van der Waals surface area contributed by atoms with Crippen molar-refractivity contribution in [3.05, 3.63) is 46.8 Å². The molecule has 2 aromatic rings. The van der Waals surface area contributed by atoms with Gasteiger partial charge in [0.1, 0.15) is 12.4 Å². The van der Waals surface area contributed by atoms with E-state index in [1.54, 1.807) is 0 Å². The van der Waals surface area contributed by atoms with Gasteiger partial charge in [-0.25, -0.2) is 4.79 Å².